The van der Waals surface area contributed by atoms with E-state index in [9.17, 15) is 34.2 Å². The smallest absolute Gasteiger partial charge is 0.326 e. The van der Waals surface area contributed by atoms with Crippen molar-refractivity contribution in [3.63, 3.8) is 0 Å². The van der Waals surface area contributed by atoms with E-state index in [4.69, 9.17) is 5.11 Å². The Hall–Kier alpha value is -2.73. The number of hydrogen-bond acceptors (Lipinski definition) is 7. The zero-order valence-electron chi connectivity index (χ0n) is 16.7. The van der Waals surface area contributed by atoms with Crippen LogP contribution in [0.5, 0.6) is 0 Å². The van der Waals surface area contributed by atoms with E-state index < -0.39 is 66.4 Å². The molecule has 30 heavy (non-hydrogen) atoms. The monoisotopic (exact) mass is 428 g/mol. The number of carbonyl (C=O) groups is 5. The summed E-state index contributed by atoms with van der Waals surface area (Å²) >= 11 is 0. The molecule has 0 aromatic carbocycles. The highest BCUT2D eigenvalue weighted by atomic mass is 16.4. The molecule has 0 spiro atoms. The van der Waals surface area contributed by atoms with Gasteiger partial charge in [-0.1, -0.05) is 0 Å². The van der Waals surface area contributed by atoms with E-state index >= 15 is 0 Å². The van der Waals surface area contributed by atoms with E-state index in [0.29, 0.717) is 19.4 Å². The Labute approximate surface area is 173 Å². The topological polar surface area (TPSA) is 185 Å². The van der Waals surface area contributed by atoms with Gasteiger partial charge in [0.2, 0.25) is 17.7 Å². The Bertz CT molecular complexity index is 692. The maximum atomic E-state index is 12.8. The fraction of sp³-hybridized carbons (Fsp3) is 0.722. The minimum absolute atomic E-state index is 0.131. The SMILES string of the molecule is C[C@@H](O)[C@H](NC(=O)[C@@H]1CCCN1)C(=O)N[C@@H](CC(=O)O)C(=O)N1CCC[C@H]1C(=O)O. The van der Waals surface area contributed by atoms with Crippen LogP contribution in [0, 0.1) is 0 Å². The van der Waals surface area contributed by atoms with E-state index in [2.05, 4.69) is 16.0 Å². The summed E-state index contributed by atoms with van der Waals surface area (Å²) in [6.45, 7) is 2.06. The van der Waals surface area contributed by atoms with Crippen LogP contribution in [0.25, 0.3) is 0 Å². The number of aliphatic hydroxyl groups is 1. The first-order chi connectivity index (χ1) is 14.1. The normalized spacial score (nSPS) is 24.0. The molecule has 2 saturated heterocycles. The lowest BCUT2D eigenvalue weighted by molar-refractivity contribution is -0.150. The van der Waals surface area contributed by atoms with Crippen molar-refractivity contribution in [2.75, 3.05) is 13.1 Å². The van der Waals surface area contributed by atoms with Crippen LogP contribution in [0.3, 0.4) is 0 Å². The number of nitrogens with one attached hydrogen (secondary N) is 3. The number of aliphatic carboxylic acids is 2. The first-order valence-corrected chi connectivity index (χ1v) is 9.89. The van der Waals surface area contributed by atoms with Gasteiger partial charge in [0.05, 0.1) is 18.6 Å². The number of carboxylic acid groups (broad SMARTS) is 2. The van der Waals surface area contributed by atoms with E-state index in [1.165, 1.54) is 6.92 Å². The van der Waals surface area contributed by atoms with Crippen LogP contribution in [-0.2, 0) is 24.0 Å². The number of amides is 3. The summed E-state index contributed by atoms with van der Waals surface area (Å²) in [6, 6.07) is -4.53. The summed E-state index contributed by atoms with van der Waals surface area (Å²) < 4.78 is 0. The average Bonchev–Trinajstić information content (AvgIpc) is 3.35. The number of likely N-dealkylation sites (tertiary alicyclic amines) is 1. The highest BCUT2D eigenvalue weighted by Gasteiger charge is 2.39. The van der Waals surface area contributed by atoms with Crippen LogP contribution in [0.2, 0.25) is 0 Å². The molecule has 0 unspecified atom stereocenters. The molecule has 0 radical (unpaired) electrons. The molecule has 2 fully saturated rings. The molecule has 6 N–H and O–H groups in total. The molecule has 5 atom stereocenters. The molecular formula is C18H28N4O8. The number of carbonyl (C=O) groups excluding carboxylic acids is 3. The third kappa shape index (κ3) is 5.89. The number of nitrogens with zero attached hydrogens (tertiary/aromatic N) is 1. The van der Waals surface area contributed by atoms with Gasteiger partial charge in [0.25, 0.3) is 0 Å². The molecule has 12 nitrogen and oxygen atoms in total. The van der Waals surface area contributed by atoms with Crippen LogP contribution < -0.4 is 16.0 Å². The Morgan fingerprint density at radius 1 is 1.10 bits per heavy atom. The second kappa shape index (κ2) is 10.3. The van der Waals surface area contributed by atoms with Gasteiger partial charge < -0.3 is 36.2 Å². The van der Waals surface area contributed by atoms with Gasteiger partial charge in [-0.15, -0.1) is 0 Å². The van der Waals surface area contributed by atoms with Crippen molar-refractivity contribution >= 4 is 29.7 Å². The number of rotatable bonds is 9. The van der Waals surface area contributed by atoms with Gasteiger partial charge in [0.1, 0.15) is 18.1 Å². The van der Waals surface area contributed by atoms with Crippen LogP contribution >= 0.6 is 0 Å². The zero-order chi connectivity index (χ0) is 22.4. The van der Waals surface area contributed by atoms with Crippen molar-refractivity contribution in [1.82, 2.24) is 20.9 Å². The van der Waals surface area contributed by atoms with Gasteiger partial charge in [0.15, 0.2) is 0 Å². The van der Waals surface area contributed by atoms with Crippen molar-refractivity contribution in [2.24, 2.45) is 0 Å². The predicted molar refractivity (Wildman–Crippen MR) is 101 cm³/mol. The van der Waals surface area contributed by atoms with Crippen LogP contribution in [-0.4, -0.2) is 93.2 Å². The fourth-order valence-corrected chi connectivity index (χ4v) is 3.69. The molecule has 3 amide bonds. The summed E-state index contributed by atoms with van der Waals surface area (Å²) in [5, 5.41) is 36.0. The Morgan fingerprint density at radius 2 is 1.80 bits per heavy atom. The molecular weight excluding hydrogens is 400 g/mol. The highest BCUT2D eigenvalue weighted by molar-refractivity contribution is 5.96. The van der Waals surface area contributed by atoms with E-state index in [1.54, 1.807) is 0 Å². The van der Waals surface area contributed by atoms with Crippen LogP contribution in [0.15, 0.2) is 0 Å². The molecule has 0 bridgehead atoms. The lowest BCUT2D eigenvalue weighted by atomic mass is 10.1. The molecule has 2 aliphatic rings. The summed E-state index contributed by atoms with van der Waals surface area (Å²) in [4.78, 5) is 61.3. The molecule has 168 valence electrons. The standard InChI is InChI=1S/C18H28N4O8/c1-9(23)14(21-15(26)10-4-2-6-19-10)16(27)20-11(8-13(24)25)17(28)22-7-3-5-12(22)18(29)30/h9-12,14,19,23H,2-8H2,1H3,(H,20,27)(H,21,26)(H,24,25)(H,29,30)/t9-,10+,11+,12+,14+/m1/s1. The summed E-state index contributed by atoms with van der Waals surface area (Å²) in [5.74, 6) is -4.82. The maximum absolute atomic E-state index is 12.8. The quantitative estimate of drug-likeness (QED) is 0.234. The molecule has 2 heterocycles. The lowest BCUT2D eigenvalue weighted by Gasteiger charge is -2.29. The molecule has 0 aromatic rings. The van der Waals surface area contributed by atoms with Crippen molar-refractivity contribution in [3.8, 4) is 0 Å². The fourth-order valence-electron chi connectivity index (χ4n) is 3.69. The molecule has 0 saturated carbocycles. The largest absolute Gasteiger partial charge is 0.481 e. The summed E-state index contributed by atoms with van der Waals surface area (Å²) in [6.07, 6.45) is -0.0370. The predicted octanol–water partition coefficient (Wildman–Crippen LogP) is -2.36. The number of carboxylic acids is 2. The van der Waals surface area contributed by atoms with Crippen LogP contribution in [0.1, 0.15) is 39.0 Å². The maximum Gasteiger partial charge on any atom is 0.326 e. The van der Waals surface area contributed by atoms with Gasteiger partial charge in [-0.05, 0) is 39.2 Å². The zero-order valence-corrected chi connectivity index (χ0v) is 16.7. The first kappa shape index (κ1) is 23.5. The third-order valence-electron chi connectivity index (χ3n) is 5.25. The van der Waals surface area contributed by atoms with Gasteiger partial charge in [0, 0.05) is 6.54 Å². The molecule has 0 aromatic heterocycles. The molecule has 0 aliphatic carbocycles. The second-order valence-corrected chi connectivity index (χ2v) is 7.56. The van der Waals surface area contributed by atoms with Gasteiger partial charge in [-0.3, -0.25) is 19.2 Å². The minimum Gasteiger partial charge on any atom is -0.481 e. The van der Waals surface area contributed by atoms with Crippen molar-refractivity contribution in [1.29, 1.82) is 0 Å². The summed E-state index contributed by atoms with van der Waals surface area (Å²) in [5.41, 5.74) is 0. The molecule has 12 heteroatoms. The highest BCUT2D eigenvalue weighted by Crippen LogP contribution is 2.19. The number of hydrogen-bond donors (Lipinski definition) is 6. The van der Waals surface area contributed by atoms with E-state index in [1.807, 2.05) is 0 Å². The van der Waals surface area contributed by atoms with Crippen molar-refractivity contribution in [2.45, 2.75) is 69.3 Å². The second-order valence-electron chi connectivity index (χ2n) is 7.56. The Morgan fingerprint density at radius 3 is 2.33 bits per heavy atom. The minimum atomic E-state index is -1.53. The van der Waals surface area contributed by atoms with Gasteiger partial charge >= 0.3 is 11.9 Å². The Kier molecular flexibility index (Phi) is 8.12. The van der Waals surface area contributed by atoms with Crippen LogP contribution in [0.4, 0.5) is 0 Å². The van der Waals surface area contributed by atoms with E-state index in [-0.39, 0.29) is 13.0 Å². The van der Waals surface area contributed by atoms with Crippen molar-refractivity contribution < 1.29 is 39.3 Å². The van der Waals surface area contributed by atoms with Gasteiger partial charge in [-0.2, -0.15) is 0 Å². The van der Waals surface area contributed by atoms with E-state index in [0.717, 1.165) is 11.3 Å². The lowest BCUT2D eigenvalue weighted by Crippen LogP contribution is -2.60. The molecule has 2 aliphatic heterocycles. The summed E-state index contributed by atoms with van der Waals surface area (Å²) in [7, 11) is 0. The average molecular weight is 428 g/mol. The van der Waals surface area contributed by atoms with Gasteiger partial charge in [-0.25, -0.2) is 4.79 Å². The molecule has 2 rings (SSSR count). The number of aliphatic hydroxyl groups excluding tert-OH is 1. The third-order valence-corrected chi connectivity index (χ3v) is 5.25. The van der Waals surface area contributed by atoms with Crippen molar-refractivity contribution in [3.05, 3.63) is 0 Å². The first-order valence-electron chi connectivity index (χ1n) is 9.89. The Balaban J connectivity index is 2.11.